The number of alkyl carbamates (subject to hydrolysis) is 1. The summed E-state index contributed by atoms with van der Waals surface area (Å²) in [5.41, 5.74) is 3.34. The first-order valence-electron chi connectivity index (χ1n) is 9.22. The molecule has 138 valence electrons. The van der Waals surface area contributed by atoms with Crippen LogP contribution >= 0.6 is 0 Å². The number of amides is 1. The first kappa shape index (κ1) is 18.3. The van der Waals surface area contributed by atoms with Crippen molar-refractivity contribution in [2.45, 2.75) is 58.2 Å². The summed E-state index contributed by atoms with van der Waals surface area (Å²) >= 11 is 0. The standard InChI is InChI=1S/C22H28N2O2/c1-16-9-8-14-24(20(16)17-10-6-5-7-11-17)19-13-12-18(15-19)23-21(25)26-22(2,3)4/h5-11,14-15,18,20H,12-13H2,1-4H3,(H,23,25). The summed E-state index contributed by atoms with van der Waals surface area (Å²) in [6.45, 7) is 7.79. The largest absolute Gasteiger partial charge is 0.444 e. The highest BCUT2D eigenvalue weighted by Gasteiger charge is 2.29. The van der Waals surface area contributed by atoms with Crippen molar-refractivity contribution in [3.8, 4) is 0 Å². The Balaban J connectivity index is 1.74. The van der Waals surface area contributed by atoms with Crippen LogP contribution in [0.4, 0.5) is 4.79 Å². The zero-order valence-electron chi connectivity index (χ0n) is 16.0. The van der Waals surface area contributed by atoms with Gasteiger partial charge in [0.05, 0.1) is 12.1 Å². The van der Waals surface area contributed by atoms with Crippen molar-refractivity contribution >= 4 is 6.09 Å². The van der Waals surface area contributed by atoms with E-state index in [9.17, 15) is 4.79 Å². The molecule has 4 nitrogen and oxygen atoms in total. The lowest BCUT2D eigenvalue weighted by Crippen LogP contribution is -2.37. The fourth-order valence-corrected chi connectivity index (χ4v) is 3.49. The molecule has 1 aromatic rings. The highest BCUT2D eigenvalue weighted by molar-refractivity contribution is 5.68. The molecule has 1 heterocycles. The maximum atomic E-state index is 12.0. The van der Waals surface area contributed by atoms with E-state index < -0.39 is 5.60 Å². The summed E-state index contributed by atoms with van der Waals surface area (Å²) in [7, 11) is 0. The molecule has 0 bridgehead atoms. The van der Waals surface area contributed by atoms with Crippen molar-refractivity contribution < 1.29 is 9.53 Å². The van der Waals surface area contributed by atoms with Crippen LogP contribution in [-0.2, 0) is 4.74 Å². The average molecular weight is 352 g/mol. The quantitative estimate of drug-likeness (QED) is 0.825. The molecule has 2 atom stereocenters. The molecule has 26 heavy (non-hydrogen) atoms. The lowest BCUT2D eigenvalue weighted by atomic mass is 9.95. The monoisotopic (exact) mass is 352 g/mol. The Morgan fingerprint density at radius 2 is 1.96 bits per heavy atom. The Morgan fingerprint density at radius 1 is 1.23 bits per heavy atom. The summed E-state index contributed by atoms with van der Waals surface area (Å²) in [6, 6.07) is 10.7. The number of hydrogen-bond donors (Lipinski definition) is 1. The molecule has 1 amide bonds. The Hall–Kier alpha value is -2.49. The first-order valence-corrected chi connectivity index (χ1v) is 9.22. The van der Waals surface area contributed by atoms with E-state index in [2.05, 4.69) is 65.8 Å². The number of carbonyl (C=O) groups is 1. The Morgan fingerprint density at radius 3 is 2.65 bits per heavy atom. The summed E-state index contributed by atoms with van der Waals surface area (Å²) in [4.78, 5) is 14.4. The van der Waals surface area contributed by atoms with Gasteiger partial charge in [-0.05, 0) is 63.8 Å². The number of nitrogens with zero attached hydrogens (tertiary/aromatic N) is 1. The molecule has 3 rings (SSSR count). The average Bonchev–Trinajstić information content (AvgIpc) is 3.01. The zero-order valence-corrected chi connectivity index (χ0v) is 16.0. The molecular formula is C22H28N2O2. The second-order valence-corrected chi connectivity index (χ2v) is 7.92. The molecule has 4 heteroatoms. The van der Waals surface area contributed by atoms with Gasteiger partial charge < -0.3 is 15.0 Å². The van der Waals surface area contributed by atoms with Crippen molar-refractivity contribution in [2.24, 2.45) is 0 Å². The van der Waals surface area contributed by atoms with Gasteiger partial charge in [-0.2, -0.15) is 0 Å². The normalized spacial score (nSPS) is 22.7. The van der Waals surface area contributed by atoms with E-state index in [4.69, 9.17) is 4.74 Å². The summed E-state index contributed by atoms with van der Waals surface area (Å²) < 4.78 is 5.37. The lowest BCUT2D eigenvalue weighted by molar-refractivity contribution is 0.0514. The molecule has 0 radical (unpaired) electrons. The van der Waals surface area contributed by atoms with Gasteiger partial charge in [-0.25, -0.2) is 4.79 Å². The van der Waals surface area contributed by atoms with Crippen LogP contribution in [0.2, 0.25) is 0 Å². The maximum Gasteiger partial charge on any atom is 0.408 e. The Labute approximate surface area is 156 Å². The third kappa shape index (κ3) is 4.37. The van der Waals surface area contributed by atoms with Crippen LogP contribution < -0.4 is 5.32 Å². The molecule has 2 aliphatic rings. The number of benzene rings is 1. The molecule has 1 N–H and O–H groups in total. The molecule has 0 saturated heterocycles. The maximum absolute atomic E-state index is 12.0. The predicted molar refractivity (Wildman–Crippen MR) is 104 cm³/mol. The highest BCUT2D eigenvalue weighted by Crippen LogP contribution is 2.37. The molecule has 1 aliphatic carbocycles. The van der Waals surface area contributed by atoms with Gasteiger partial charge in [0.15, 0.2) is 0 Å². The van der Waals surface area contributed by atoms with E-state index in [1.54, 1.807) is 0 Å². The third-order valence-corrected chi connectivity index (χ3v) is 4.57. The van der Waals surface area contributed by atoms with Gasteiger partial charge in [-0.3, -0.25) is 0 Å². The number of hydrogen-bond acceptors (Lipinski definition) is 3. The molecule has 2 unspecified atom stereocenters. The first-order chi connectivity index (χ1) is 12.3. The molecular weight excluding hydrogens is 324 g/mol. The molecule has 1 aliphatic heterocycles. The van der Waals surface area contributed by atoms with Gasteiger partial charge in [0.1, 0.15) is 5.60 Å². The van der Waals surface area contributed by atoms with Crippen molar-refractivity contribution in [2.75, 3.05) is 0 Å². The van der Waals surface area contributed by atoms with Crippen LogP contribution in [0.5, 0.6) is 0 Å². The summed E-state index contributed by atoms with van der Waals surface area (Å²) in [6.07, 6.45) is 10.0. The van der Waals surface area contributed by atoms with Gasteiger partial charge in [-0.15, -0.1) is 0 Å². The Bertz CT molecular complexity index is 741. The van der Waals surface area contributed by atoms with E-state index in [0.29, 0.717) is 0 Å². The third-order valence-electron chi connectivity index (χ3n) is 4.57. The smallest absolute Gasteiger partial charge is 0.408 e. The van der Waals surface area contributed by atoms with Crippen molar-refractivity contribution in [1.29, 1.82) is 0 Å². The van der Waals surface area contributed by atoms with E-state index >= 15 is 0 Å². The van der Waals surface area contributed by atoms with Gasteiger partial charge in [-0.1, -0.05) is 36.4 Å². The van der Waals surface area contributed by atoms with Crippen LogP contribution in [0.25, 0.3) is 0 Å². The van der Waals surface area contributed by atoms with E-state index in [1.807, 2.05) is 26.8 Å². The van der Waals surface area contributed by atoms with Crippen LogP contribution in [0.3, 0.4) is 0 Å². The van der Waals surface area contributed by atoms with Gasteiger partial charge in [0, 0.05) is 11.9 Å². The molecule has 0 fully saturated rings. The minimum absolute atomic E-state index is 0.0101. The fourth-order valence-electron chi connectivity index (χ4n) is 3.49. The number of nitrogens with one attached hydrogen (secondary N) is 1. The fraction of sp³-hybridized carbons (Fsp3) is 0.409. The highest BCUT2D eigenvalue weighted by atomic mass is 16.6. The second kappa shape index (κ2) is 7.40. The number of ether oxygens (including phenoxy) is 1. The van der Waals surface area contributed by atoms with E-state index in [0.717, 1.165) is 12.8 Å². The lowest BCUT2D eigenvalue weighted by Gasteiger charge is -2.35. The van der Waals surface area contributed by atoms with Crippen LogP contribution in [-0.4, -0.2) is 22.6 Å². The minimum Gasteiger partial charge on any atom is -0.444 e. The summed E-state index contributed by atoms with van der Waals surface area (Å²) in [5, 5.41) is 2.97. The topological polar surface area (TPSA) is 41.6 Å². The zero-order chi connectivity index (χ0) is 18.7. The van der Waals surface area contributed by atoms with Gasteiger partial charge >= 0.3 is 6.09 Å². The molecule has 0 aromatic heterocycles. The van der Waals surface area contributed by atoms with Gasteiger partial charge in [0.2, 0.25) is 0 Å². The predicted octanol–water partition coefficient (Wildman–Crippen LogP) is 5.07. The second-order valence-electron chi connectivity index (χ2n) is 7.92. The van der Waals surface area contributed by atoms with Gasteiger partial charge in [0.25, 0.3) is 0 Å². The van der Waals surface area contributed by atoms with Crippen LogP contribution in [0, 0.1) is 0 Å². The minimum atomic E-state index is -0.481. The van der Waals surface area contributed by atoms with Crippen molar-refractivity contribution in [3.05, 3.63) is 71.6 Å². The molecule has 0 spiro atoms. The number of carbonyl (C=O) groups excluding carboxylic acids is 1. The van der Waals surface area contributed by atoms with Crippen LogP contribution in [0.1, 0.15) is 52.1 Å². The molecule has 0 saturated carbocycles. The van der Waals surface area contributed by atoms with E-state index in [1.165, 1.54) is 16.8 Å². The van der Waals surface area contributed by atoms with Crippen LogP contribution in [0.15, 0.2) is 66.0 Å². The van der Waals surface area contributed by atoms with E-state index in [-0.39, 0.29) is 18.2 Å². The van der Waals surface area contributed by atoms with Crippen molar-refractivity contribution in [1.82, 2.24) is 10.2 Å². The Kier molecular flexibility index (Phi) is 5.21. The SMILES string of the molecule is CC1=CC=CN(C2=CC(NC(=O)OC(C)(C)C)CC2)C1c1ccccc1. The number of rotatable bonds is 3. The number of allylic oxidation sites excluding steroid dienone is 3. The molecule has 1 aromatic carbocycles. The van der Waals surface area contributed by atoms with Crippen molar-refractivity contribution in [3.63, 3.8) is 0 Å². The summed E-state index contributed by atoms with van der Waals surface area (Å²) in [5.74, 6) is 0.